The molecule has 0 aromatic carbocycles. The van der Waals surface area contributed by atoms with Gasteiger partial charge in [0.2, 0.25) is 0 Å². The van der Waals surface area contributed by atoms with Crippen LogP contribution in [0.5, 0.6) is 0 Å². The summed E-state index contributed by atoms with van der Waals surface area (Å²) in [6, 6.07) is 0. The maximum Gasteiger partial charge on any atom is 0.0239 e. The fraction of sp³-hybridized carbons (Fsp3) is 0.182. The Kier molecular flexibility index (Phi) is 1.54. The zero-order valence-electron chi connectivity index (χ0n) is 6.67. The lowest BCUT2D eigenvalue weighted by atomic mass is 9.85. The van der Waals surface area contributed by atoms with Crippen molar-refractivity contribution in [3.8, 4) is 0 Å². The third-order valence-corrected chi connectivity index (χ3v) is 2.15. The van der Waals surface area contributed by atoms with Crippen LogP contribution in [0.4, 0.5) is 0 Å². The molecule has 0 saturated carbocycles. The minimum absolute atomic E-state index is 1.09. The molecule has 0 heterocycles. The lowest BCUT2D eigenvalue weighted by molar-refractivity contribution is 1.10. The molecular weight excluding hydrogens is 132 g/mol. The molecule has 0 aliphatic heterocycles. The third kappa shape index (κ3) is 1.09. The van der Waals surface area contributed by atoms with Crippen molar-refractivity contribution in [1.82, 2.24) is 0 Å². The van der Waals surface area contributed by atoms with Gasteiger partial charge < -0.3 is 0 Å². The minimum atomic E-state index is 1.09. The zero-order chi connectivity index (χ0) is 7.68. The van der Waals surface area contributed by atoms with E-state index in [-0.39, 0.29) is 0 Å². The van der Waals surface area contributed by atoms with Gasteiger partial charge in [-0.1, -0.05) is 43.4 Å². The second-order valence-corrected chi connectivity index (χ2v) is 2.95. The van der Waals surface area contributed by atoms with Crippen LogP contribution >= 0.6 is 0 Å². The molecule has 2 aliphatic carbocycles. The van der Waals surface area contributed by atoms with Crippen molar-refractivity contribution < 1.29 is 0 Å². The molecule has 0 nitrogen and oxygen atoms in total. The molecule has 0 amide bonds. The van der Waals surface area contributed by atoms with E-state index >= 15 is 0 Å². The van der Waals surface area contributed by atoms with Gasteiger partial charge in [-0.25, -0.2) is 0 Å². The first-order valence-electron chi connectivity index (χ1n) is 3.96. The van der Waals surface area contributed by atoms with Gasteiger partial charge in [0.15, 0.2) is 0 Å². The lowest BCUT2D eigenvalue weighted by Crippen LogP contribution is -2.02. The molecule has 0 aromatic heterocycles. The highest BCUT2D eigenvalue weighted by atomic mass is 14.2. The van der Waals surface area contributed by atoms with Crippen molar-refractivity contribution >= 4 is 0 Å². The number of allylic oxidation sites excluding steroid dienone is 8. The first-order valence-corrected chi connectivity index (χ1v) is 3.96. The Balaban J connectivity index is 2.41. The van der Waals surface area contributed by atoms with Gasteiger partial charge in [-0.15, -0.1) is 0 Å². The Morgan fingerprint density at radius 3 is 2.91 bits per heavy atom. The Morgan fingerprint density at radius 1 is 1.18 bits per heavy atom. The summed E-state index contributed by atoms with van der Waals surface area (Å²) >= 11 is 0. The first-order chi connectivity index (χ1) is 5.38. The van der Waals surface area contributed by atoms with Gasteiger partial charge in [0.05, 0.1) is 0 Å². The van der Waals surface area contributed by atoms with Gasteiger partial charge in [0.1, 0.15) is 0 Å². The topological polar surface area (TPSA) is 0 Å². The van der Waals surface area contributed by atoms with Gasteiger partial charge in [0, 0.05) is 5.92 Å². The van der Waals surface area contributed by atoms with Gasteiger partial charge in [-0.05, 0) is 17.6 Å². The highest BCUT2D eigenvalue weighted by Gasteiger charge is 2.14. The molecule has 0 unspecified atom stereocenters. The zero-order valence-corrected chi connectivity index (χ0v) is 6.67. The lowest BCUT2D eigenvalue weighted by Gasteiger charge is -2.19. The monoisotopic (exact) mass is 143 g/mol. The molecule has 0 atom stereocenters. The Hall–Kier alpha value is -1.04. The highest BCUT2D eigenvalue weighted by Crippen LogP contribution is 2.31. The van der Waals surface area contributed by atoms with E-state index in [1.807, 2.05) is 0 Å². The first kappa shape index (κ1) is 6.66. The Labute approximate surface area is 67.6 Å². The third-order valence-electron chi connectivity index (χ3n) is 2.15. The van der Waals surface area contributed by atoms with Crippen LogP contribution in [0, 0.1) is 5.92 Å². The summed E-state index contributed by atoms with van der Waals surface area (Å²) in [6.07, 6.45) is 14.1. The van der Waals surface area contributed by atoms with Crippen molar-refractivity contribution in [2.24, 2.45) is 0 Å². The Morgan fingerprint density at radius 2 is 2.09 bits per heavy atom. The summed E-state index contributed by atoms with van der Waals surface area (Å²) in [5.74, 6) is 1.38. The molecule has 0 heteroatoms. The van der Waals surface area contributed by atoms with Crippen molar-refractivity contribution in [1.29, 1.82) is 0 Å². The van der Waals surface area contributed by atoms with E-state index in [2.05, 4.69) is 43.4 Å². The van der Waals surface area contributed by atoms with Crippen LogP contribution in [0.3, 0.4) is 0 Å². The number of hydrogen-bond donors (Lipinski definition) is 0. The molecule has 0 N–H and O–H groups in total. The quantitative estimate of drug-likeness (QED) is 0.489. The maximum absolute atomic E-state index is 2.20. The summed E-state index contributed by atoms with van der Waals surface area (Å²) < 4.78 is 0. The molecule has 11 heavy (non-hydrogen) atoms. The van der Waals surface area contributed by atoms with Crippen LogP contribution in [-0.4, -0.2) is 0 Å². The normalized spacial score (nSPS) is 22.6. The SMILES string of the molecule is C[C]1C=CC=C2CC=CC=C12. The number of hydrogen-bond acceptors (Lipinski definition) is 0. The van der Waals surface area contributed by atoms with E-state index in [0.717, 1.165) is 6.42 Å². The fourth-order valence-electron chi connectivity index (χ4n) is 1.52. The second-order valence-electron chi connectivity index (χ2n) is 2.95. The van der Waals surface area contributed by atoms with Gasteiger partial charge in [-0.2, -0.15) is 0 Å². The van der Waals surface area contributed by atoms with E-state index in [1.165, 1.54) is 17.1 Å². The molecule has 2 rings (SSSR count). The van der Waals surface area contributed by atoms with E-state index < -0.39 is 0 Å². The van der Waals surface area contributed by atoms with Crippen molar-refractivity contribution in [2.45, 2.75) is 13.3 Å². The molecule has 0 spiro atoms. The molecule has 1 radical (unpaired) electrons. The smallest absolute Gasteiger partial charge is 0.0239 e. The average Bonchev–Trinajstić information content (AvgIpc) is 2.06. The number of rotatable bonds is 0. The van der Waals surface area contributed by atoms with Crippen LogP contribution in [0.2, 0.25) is 0 Å². The van der Waals surface area contributed by atoms with Gasteiger partial charge in [0.25, 0.3) is 0 Å². The summed E-state index contributed by atoms with van der Waals surface area (Å²) in [7, 11) is 0. The highest BCUT2D eigenvalue weighted by molar-refractivity contribution is 5.55. The van der Waals surface area contributed by atoms with Crippen LogP contribution < -0.4 is 0 Å². The molecule has 2 aliphatic rings. The van der Waals surface area contributed by atoms with Gasteiger partial charge in [-0.3, -0.25) is 0 Å². The summed E-state index contributed by atoms with van der Waals surface area (Å²) in [5.41, 5.74) is 2.86. The summed E-state index contributed by atoms with van der Waals surface area (Å²) in [5, 5.41) is 0. The van der Waals surface area contributed by atoms with E-state index in [4.69, 9.17) is 0 Å². The largest absolute Gasteiger partial charge is 0.0801 e. The molecule has 0 bridgehead atoms. The predicted octanol–water partition coefficient (Wildman–Crippen LogP) is 2.96. The fourth-order valence-corrected chi connectivity index (χ4v) is 1.52. The minimum Gasteiger partial charge on any atom is -0.0801 e. The standard InChI is InChI=1S/C11H11/c1-9-5-4-7-10-6-2-3-8-11(9)10/h2-5,7-8H,6H2,1H3. The van der Waals surface area contributed by atoms with Crippen molar-refractivity contribution in [3.05, 3.63) is 53.5 Å². The predicted molar refractivity (Wildman–Crippen MR) is 48.0 cm³/mol. The molecular formula is C11H11. The van der Waals surface area contributed by atoms with Crippen LogP contribution in [-0.2, 0) is 0 Å². The van der Waals surface area contributed by atoms with Crippen molar-refractivity contribution in [2.75, 3.05) is 0 Å². The Bertz CT molecular complexity index is 274. The van der Waals surface area contributed by atoms with E-state index in [9.17, 15) is 0 Å². The maximum atomic E-state index is 2.20. The van der Waals surface area contributed by atoms with Crippen LogP contribution in [0.25, 0.3) is 0 Å². The molecule has 55 valence electrons. The molecule has 0 saturated heterocycles. The van der Waals surface area contributed by atoms with Crippen LogP contribution in [0.1, 0.15) is 13.3 Å². The second kappa shape index (κ2) is 2.54. The van der Waals surface area contributed by atoms with Crippen LogP contribution in [0.15, 0.2) is 47.6 Å². The van der Waals surface area contributed by atoms with E-state index in [1.54, 1.807) is 0 Å². The average molecular weight is 143 g/mol. The molecule has 0 fully saturated rings. The van der Waals surface area contributed by atoms with Crippen molar-refractivity contribution in [3.63, 3.8) is 0 Å². The van der Waals surface area contributed by atoms with Gasteiger partial charge >= 0.3 is 0 Å². The molecule has 0 aromatic rings. The van der Waals surface area contributed by atoms with E-state index in [0.29, 0.717) is 0 Å². The summed E-state index contributed by atoms with van der Waals surface area (Å²) in [4.78, 5) is 0. The summed E-state index contributed by atoms with van der Waals surface area (Å²) in [6.45, 7) is 2.16. The number of fused-ring (bicyclic) bond motifs is 1.